The average molecular weight is 284 g/mol. The lowest BCUT2D eigenvalue weighted by atomic mass is 10.1. The Kier molecular flexibility index (Phi) is 3.74. The first kappa shape index (κ1) is 11.6. The summed E-state index contributed by atoms with van der Waals surface area (Å²) in [6.45, 7) is 0. The van der Waals surface area contributed by atoms with E-state index >= 15 is 0 Å². The van der Waals surface area contributed by atoms with E-state index in [-0.39, 0.29) is 11.3 Å². The largest absolute Gasteiger partial charge is 0.507 e. The van der Waals surface area contributed by atoms with Crippen LogP contribution in [0.5, 0.6) is 5.75 Å². The molecular weight excluding hydrogens is 279 g/mol. The summed E-state index contributed by atoms with van der Waals surface area (Å²) in [4.78, 5) is 0. The highest BCUT2D eigenvalue weighted by molar-refractivity contribution is 9.10. The van der Waals surface area contributed by atoms with Crippen LogP contribution in [0.3, 0.4) is 0 Å². The lowest BCUT2D eigenvalue weighted by molar-refractivity contribution is 0.473. The molecule has 0 saturated heterocycles. The minimum Gasteiger partial charge on any atom is -0.507 e. The molecule has 1 aromatic rings. The molecule has 0 aromatic heterocycles. The Morgan fingerprint density at radius 1 is 1.40 bits per heavy atom. The lowest BCUT2D eigenvalue weighted by Gasteiger charge is -2.03. The third-order valence-corrected chi connectivity index (χ3v) is 3.04. The molecular formula is C10H4BrClN2O. The van der Waals surface area contributed by atoms with E-state index in [1.54, 1.807) is 12.1 Å². The summed E-state index contributed by atoms with van der Waals surface area (Å²) in [5.41, 5.74) is 0.217. The maximum Gasteiger partial charge on any atom is 0.130 e. The van der Waals surface area contributed by atoms with E-state index < -0.39 is 0 Å². The number of phenolic OH excluding ortho intramolecular Hbond substituents is 1. The number of hydrogen-bond donors (Lipinski definition) is 1. The molecule has 0 aliphatic carbocycles. The van der Waals surface area contributed by atoms with Crippen molar-refractivity contribution >= 4 is 33.6 Å². The van der Waals surface area contributed by atoms with E-state index in [0.29, 0.717) is 15.1 Å². The molecule has 0 heterocycles. The average Bonchev–Trinajstić information content (AvgIpc) is 2.24. The van der Waals surface area contributed by atoms with E-state index in [0.717, 1.165) is 0 Å². The van der Waals surface area contributed by atoms with E-state index in [1.165, 1.54) is 18.2 Å². The highest BCUT2D eigenvalue weighted by Gasteiger charge is 2.08. The van der Waals surface area contributed by atoms with Gasteiger partial charge in [-0.1, -0.05) is 11.6 Å². The van der Waals surface area contributed by atoms with Gasteiger partial charge in [-0.3, -0.25) is 0 Å². The highest BCUT2D eigenvalue weighted by Crippen LogP contribution is 2.34. The molecule has 15 heavy (non-hydrogen) atoms. The molecule has 1 aromatic carbocycles. The molecule has 0 saturated carbocycles. The van der Waals surface area contributed by atoms with Crippen molar-refractivity contribution in [2.75, 3.05) is 0 Å². The zero-order valence-electron chi connectivity index (χ0n) is 7.33. The van der Waals surface area contributed by atoms with Gasteiger partial charge in [-0.05, 0) is 34.1 Å². The molecule has 1 N–H and O–H groups in total. The maximum absolute atomic E-state index is 9.50. The van der Waals surface area contributed by atoms with Gasteiger partial charge in [0.1, 0.15) is 23.5 Å². The number of phenols is 1. The second kappa shape index (κ2) is 4.84. The van der Waals surface area contributed by atoms with Gasteiger partial charge in [0.2, 0.25) is 0 Å². The van der Waals surface area contributed by atoms with Crippen molar-refractivity contribution < 1.29 is 5.11 Å². The second-order valence-corrected chi connectivity index (χ2v) is 3.78. The maximum atomic E-state index is 9.50. The summed E-state index contributed by atoms with van der Waals surface area (Å²) in [7, 11) is 0. The Bertz CT molecular complexity index is 495. The molecule has 3 nitrogen and oxygen atoms in total. The smallest absolute Gasteiger partial charge is 0.130 e. The number of hydrogen-bond acceptors (Lipinski definition) is 3. The number of halogens is 2. The number of aromatic hydroxyl groups is 1. The fraction of sp³-hybridized carbons (Fsp3) is 0. The predicted molar refractivity (Wildman–Crippen MR) is 60.0 cm³/mol. The Balaban J connectivity index is 3.40. The molecule has 0 radical (unpaired) electrons. The Morgan fingerprint density at radius 2 is 2.00 bits per heavy atom. The fourth-order valence-electron chi connectivity index (χ4n) is 0.927. The minimum absolute atomic E-state index is 0.0470. The number of benzene rings is 1. The van der Waals surface area contributed by atoms with E-state index in [4.69, 9.17) is 22.1 Å². The fourth-order valence-corrected chi connectivity index (χ4v) is 1.54. The van der Waals surface area contributed by atoms with Crippen molar-refractivity contribution in [2.24, 2.45) is 0 Å². The lowest BCUT2D eigenvalue weighted by Crippen LogP contribution is -1.81. The first-order chi connectivity index (χ1) is 7.10. The Hall–Kier alpha value is -1.49. The number of rotatable bonds is 1. The summed E-state index contributed by atoms with van der Waals surface area (Å²) in [6, 6.07) is 6.30. The molecule has 0 amide bonds. The van der Waals surface area contributed by atoms with Crippen LogP contribution in [-0.2, 0) is 0 Å². The molecule has 0 bridgehead atoms. The quantitative estimate of drug-likeness (QED) is 0.804. The zero-order chi connectivity index (χ0) is 11.4. The summed E-state index contributed by atoms with van der Waals surface area (Å²) in [6.07, 6.45) is 1.27. The van der Waals surface area contributed by atoms with Gasteiger partial charge in [0.15, 0.2) is 0 Å². The summed E-state index contributed by atoms with van der Waals surface area (Å²) >= 11 is 8.97. The molecule has 0 fully saturated rings. The van der Waals surface area contributed by atoms with Crippen molar-refractivity contribution in [3.63, 3.8) is 0 Å². The van der Waals surface area contributed by atoms with Gasteiger partial charge in [0.05, 0.1) is 5.02 Å². The van der Waals surface area contributed by atoms with E-state index in [2.05, 4.69) is 15.9 Å². The highest BCUT2D eigenvalue weighted by atomic mass is 79.9. The van der Waals surface area contributed by atoms with Gasteiger partial charge in [0, 0.05) is 10.0 Å². The standard InChI is InChI=1S/C10H4BrClN2O/c11-10-7(3-6(4-13)5-14)9(15)2-1-8(10)12/h1-3,15H. The zero-order valence-corrected chi connectivity index (χ0v) is 9.67. The van der Waals surface area contributed by atoms with Gasteiger partial charge >= 0.3 is 0 Å². The van der Waals surface area contributed by atoms with Gasteiger partial charge in [-0.15, -0.1) is 0 Å². The van der Waals surface area contributed by atoms with Crippen molar-refractivity contribution in [1.29, 1.82) is 10.5 Å². The Labute approximate surface area is 100.0 Å². The van der Waals surface area contributed by atoms with E-state index in [9.17, 15) is 5.11 Å². The molecule has 74 valence electrons. The van der Waals surface area contributed by atoms with Crippen LogP contribution in [0, 0.1) is 22.7 Å². The molecule has 0 aliphatic rings. The van der Waals surface area contributed by atoms with Crippen molar-refractivity contribution in [3.8, 4) is 17.9 Å². The van der Waals surface area contributed by atoms with Crippen LogP contribution in [-0.4, -0.2) is 5.11 Å². The van der Waals surface area contributed by atoms with Gasteiger partial charge in [-0.25, -0.2) is 0 Å². The van der Waals surface area contributed by atoms with Crippen LogP contribution in [0.2, 0.25) is 5.02 Å². The Morgan fingerprint density at radius 3 is 2.53 bits per heavy atom. The van der Waals surface area contributed by atoms with Crippen molar-refractivity contribution in [2.45, 2.75) is 0 Å². The van der Waals surface area contributed by atoms with Gasteiger partial charge in [0.25, 0.3) is 0 Å². The molecule has 0 aliphatic heterocycles. The monoisotopic (exact) mass is 282 g/mol. The summed E-state index contributed by atoms with van der Waals surface area (Å²) in [5, 5.41) is 27.0. The van der Waals surface area contributed by atoms with Crippen molar-refractivity contribution in [1.82, 2.24) is 0 Å². The molecule has 0 atom stereocenters. The van der Waals surface area contributed by atoms with Gasteiger partial charge in [-0.2, -0.15) is 10.5 Å². The summed E-state index contributed by atoms with van der Waals surface area (Å²) < 4.78 is 0.451. The normalized spacial score (nSPS) is 8.80. The first-order valence-electron chi connectivity index (χ1n) is 3.79. The molecule has 0 unspecified atom stereocenters. The van der Waals surface area contributed by atoms with Crippen LogP contribution < -0.4 is 0 Å². The number of nitriles is 2. The predicted octanol–water partition coefficient (Wildman–Crippen LogP) is 3.24. The second-order valence-electron chi connectivity index (χ2n) is 2.58. The third kappa shape index (κ3) is 2.50. The first-order valence-corrected chi connectivity index (χ1v) is 4.96. The van der Waals surface area contributed by atoms with Crippen LogP contribution >= 0.6 is 27.5 Å². The minimum atomic E-state index is -0.103. The SMILES string of the molecule is N#CC(C#N)=Cc1c(O)ccc(Cl)c1Br. The van der Waals surface area contributed by atoms with Crippen LogP contribution in [0.1, 0.15) is 5.56 Å². The van der Waals surface area contributed by atoms with Gasteiger partial charge < -0.3 is 5.11 Å². The summed E-state index contributed by atoms with van der Waals surface area (Å²) in [5.74, 6) is -0.0470. The number of allylic oxidation sites excluding steroid dienone is 1. The van der Waals surface area contributed by atoms with Crippen LogP contribution in [0.25, 0.3) is 6.08 Å². The topological polar surface area (TPSA) is 67.8 Å². The number of nitrogens with zero attached hydrogens (tertiary/aromatic N) is 2. The third-order valence-electron chi connectivity index (χ3n) is 1.64. The van der Waals surface area contributed by atoms with Crippen LogP contribution in [0.15, 0.2) is 22.2 Å². The molecule has 0 spiro atoms. The van der Waals surface area contributed by atoms with Crippen molar-refractivity contribution in [3.05, 3.63) is 32.8 Å². The van der Waals surface area contributed by atoms with E-state index in [1.807, 2.05) is 0 Å². The molecule has 5 heteroatoms. The molecule has 1 rings (SSSR count). The van der Waals surface area contributed by atoms with Crippen LogP contribution in [0.4, 0.5) is 0 Å².